The SMILES string of the molecule is CCS(=O)(=O)c1c[c][c]cc1. The molecule has 2 nitrogen and oxygen atoms in total. The topological polar surface area (TPSA) is 34.1 Å². The molecule has 0 heterocycles. The van der Waals surface area contributed by atoms with E-state index in [2.05, 4.69) is 12.1 Å². The smallest absolute Gasteiger partial charge is 0.178 e. The predicted molar refractivity (Wildman–Crippen MR) is 41.8 cm³/mol. The van der Waals surface area contributed by atoms with E-state index >= 15 is 0 Å². The average molecular weight is 168 g/mol. The van der Waals surface area contributed by atoms with E-state index in [0.717, 1.165) is 0 Å². The molecule has 0 atom stereocenters. The molecular formula is C8H8O2S. The zero-order valence-corrected chi connectivity index (χ0v) is 6.98. The molecule has 0 saturated heterocycles. The molecule has 0 unspecified atom stereocenters. The monoisotopic (exact) mass is 168 g/mol. The van der Waals surface area contributed by atoms with Gasteiger partial charge in [-0.25, -0.2) is 8.42 Å². The lowest BCUT2D eigenvalue weighted by Crippen LogP contribution is -2.02. The van der Waals surface area contributed by atoms with Crippen LogP contribution in [0.3, 0.4) is 0 Å². The zero-order valence-electron chi connectivity index (χ0n) is 6.16. The first-order valence-electron chi connectivity index (χ1n) is 3.27. The quantitative estimate of drug-likeness (QED) is 0.662. The van der Waals surface area contributed by atoms with Crippen LogP contribution < -0.4 is 0 Å². The van der Waals surface area contributed by atoms with Crippen molar-refractivity contribution >= 4 is 9.84 Å². The van der Waals surface area contributed by atoms with E-state index in [0.29, 0.717) is 4.90 Å². The maximum absolute atomic E-state index is 11.2. The summed E-state index contributed by atoms with van der Waals surface area (Å²) in [5.74, 6) is 0.130. The molecule has 1 aromatic carbocycles. The molecule has 0 amide bonds. The number of hydrogen-bond donors (Lipinski definition) is 0. The molecule has 2 radical (unpaired) electrons. The summed E-state index contributed by atoms with van der Waals surface area (Å²) in [6.45, 7) is 1.62. The van der Waals surface area contributed by atoms with Crippen LogP contribution in [0, 0.1) is 12.1 Å². The van der Waals surface area contributed by atoms with Crippen molar-refractivity contribution in [1.29, 1.82) is 0 Å². The fourth-order valence-electron chi connectivity index (χ4n) is 0.693. The number of benzene rings is 1. The van der Waals surface area contributed by atoms with Crippen molar-refractivity contribution in [3.05, 3.63) is 30.3 Å². The fraction of sp³-hybridized carbons (Fsp3) is 0.250. The van der Waals surface area contributed by atoms with E-state index in [1.165, 1.54) is 12.1 Å². The van der Waals surface area contributed by atoms with E-state index < -0.39 is 9.84 Å². The van der Waals surface area contributed by atoms with E-state index in [1.54, 1.807) is 13.0 Å². The lowest BCUT2D eigenvalue weighted by Gasteiger charge is -1.97. The van der Waals surface area contributed by atoms with Crippen molar-refractivity contribution < 1.29 is 8.42 Å². The molecule has 0 fully saturated rings. The molecule has 0 bridgehead atoms. The largest absolute Gasteiger partial charge is 0.224 e. The Morgan fingerprint density at radius 3 is 2.64 bits per heavy atom. The fourth-order valence-corrected chi connectivity index (χ4v) is 1.54. The van der Waals surface area contributed by atoms with Crippen molar-refractivity contribution in [3.63, 3.8) is 0 Å². The maximum atomic E-state index is 11.2. The molecule has 1 rings (SSSR count). The van der Waals surface area contributed by atoms with Gasteiger partial charge in [-0.2, -0.15) is 0 Å². The van der Waals surface area contributed by atoms with Gasteiger partial charge in [0.15, 0.2) is 9.84 Å². The highest BCUT2D eigenvalue weighted by Gasteiger charge is 2.08. The van der Waals surface area contributed by atoms with Gasteiger partial charge in [-0.05, 0) is 24.3 Å². The Labute approximate surface area is 66.8 Å². The highest BCUT2D eigenvalue weighted by atomic mass is 32.2. The van der Waals surface area contributed by atoms with Crippen molar-refractivity contribution in [1.82, 2.24) is 0 Å². The van der Waals surface area contributed by atoms with Crippen LogP contribution in [0.2, 0.25) is 0 Å². The van der Waals surface area contributed by atoms with Gasteiger partial charge in [-0.1, -0.05) is 13.0 Å². The Balaban J connectivity index is 3.14. The summed E-state index contributed by atoms with van der Waals surface area (Å²) in [7, 11) is -3.05. The van der Waals surface area contributed by atoms with Crippen molar-refractivity contribution in [2.24, 2.45) is 0 Å². The van der Waals surface area contributed by atoms with Gasteiger partial charge < -0.3 is 0 Å². The molecule has 1 aromatic rings. The summed E-state index contributed by atoms with van der Waals surface area (Å²) in [5, 5.41) is 0. The Morgan fingerprint density at radius 2 is 2.18 bits per heavy atom. The molecule has 0 N–H and O–H groups in total. The molecule has 0 aliphatic rings. The van der Waals surface area contributed by atoms with Gasteiger partial charge in [0.05, 0.1) is 10.6 Å². The van der Waals surface area contributed by atoms with Crippen LogP contribution in [0.5, 0.6) is 0 Å². The third-order valence-electron chi connectivity index (χ3n) is 1.37. The second kappa shape index (κ2) is 3.05. The summed E-state index contributed by atoms with van der Waals surface area (Å²) in [4.78, 5) is 0.318. The molecule has 58 valence electrons. The summed E-state index contributed by atoms with van der Waals surface area (Å²) in [6, 6.07) is 9.73. The van der Waals surface area contributed by atoms with Gasteiger partial charge in [0.2, 0.25) is 0 Å². The van der Waals surface area contributed by atoms with Gasteiger partial charge in [0.1, 0.15) is 0 Å². The molecule has 0 spiro atoms. The molecule has 0 aromatic heterocycles. The lowest BCUT2D eigenvalue weighted by atomic mass is 10.4. The third-order valence-corrected chi connectivity index (χ3v) is 3.10. The Kier molecular flexibility index (Phi) is 2.29. The van der Waals surface area contributed by atoms with Crippen LogP contribution in [0.25, 0.3) is 0 Å². The zero-order chi connectivity index (χ0) is 8.32. The van der Waals surface area contributed by atoms with Gasteiger partial charge in [0.25, 0.3) is 0 Å². The van der Waals surface area contributed by atoms with Crippen LogP contribution in [0.15, 0.2) is 23.1 Å². The predicted octanol–water partition coefficient (Wildman–Crippen LogP) is 1.08. The standard InChI is InChI=1S/C8H8O2S/c1-2-11(9,10)8-6-4-3-5-7-8/h4,6-7H,2H2,1H3. The van der Waals surface area contributed by atoms with E-state index in [-0.39, 0.29) is 5.75 Å². The summed E-state index contributed by atoms with van der Waals surface area (Å²) in [5.41, 5.74) is 0. The number of sulfone groups is 1. The maximum Gasteiger partial charge on any atom is 0.178 e. The first kappa shape index (κ1) is 8.27. The van der Waals surface area contributed by atoms with Crippen LogP contribution in [0.1, 0.15) is 6.92 Å². The third kappa shape index (κ3) is 1.80. The second-order valence-electron chi connectivity index (χ2n) is 2.07. The first-order chi connectivity index (χ1) is 5.17. The van der Waals surface area contributed by atoms with Crippen molar-refractivity contribution in [3.8, 4) is 0 Å². The molecule has 0 aliphatic carbocycles. The number of hydrogen-bond acceptors (Lipinski definition) is 2. The van der Waals surface area contributed by atoms with Crippen LogP contribution in [-0.2, 0) is 9.84 Å². The van der Waals surface area contributed by atoms with Gasteiger partial charge in [-0.3, -0.25) is 0 Å². The summed E-state index contributed by atoms with van der Waals surface area (Å²) in [6.07, 6.45) is 0. The van der Waals surface area contributed by atoms with Crippen LogP contribution in [-0.4, -0.2) is 14.2 Å². The van der Waals surface area contributed by atoms with Crippen LogP contribution in [0.4, 0.5) is 0 Å². The molecule has 0 aliphatic heterocycles. The van der Waals surface area contributed by atoms with Gasteiger partial charge >= 0.3 is 0 Å². The highest BCUT2D eigenvalue weighted by molar-refractivity contribution is 7.91. The molecule has 0 saturated carbocycles. The van der Waals surface area contributed by atoms with Crippen molar-refractivity contribution in [2.75, 3.05) is 5.75 Å². The van der Waals surface area contributed by atoms with E-state index in [1.807, 2.05) is 0 Å². The minimum atomic E-state index is -3.05. The summed E-state index contributed by atoms with van der Waals surface area (Å²) >= 11 is 0. The normalized spacial score (nSPS) is 11.4. The van der Waals surface area contributed by atoms with Gasteiger partial charge in [-0.15, -0.1) is 0 Å². The Morgan fingerprint density at radius 1 is 1.45 bits per heavy atom. The Hall–Kier alpha value is -0.830. The minimum absolute atomic E-state index is 0.130. The lowest BCUT2D eigenvalue weighted by molar-refractivity contribution is 0.597. The average Bonchev–Trinajstić information content (AvgIpc) is 2.06. The number of rotatable bonds is 2. The molecule has 3 heteroatoms. The highest BCUT2D eigenvalue weighted by Crippen LogP contribution is 2.08. The van der Waals surface area contributed by atoms with E-state index in [9.17, 15) is 8.42 Å². The molecule has 11 heavy (non-hydrogen) atoms. The first-order valence-corrected chi connectivity index (χ1v) is 4.92. The van der Waals surface area contributed by atoms with Crippen LogP contribution >= 0.6 is 0 Å². The Bertz CT molecular complexity index is 313. The van der Waals surface area contributed by atoms with Gasteiger partial charge in [0, 0.05) is 0 Å². The van der Waals surface area contributed by atoms with E-state index in [4.69, 9.17) is 0 Å². The summed E-state index contributed by atoms with van der Waals surface area (Å²) < 4.78 is 22.3. The minimum Gasteiger partial charge on any atom is -0.224 e. The second-order valence-corrected chi connectivity index (χ2v) is 4.35. The van der Waals surface area contributed by atoms with Crippen molar-refractivity contribution in [2.45, 2.75) is 11.8 Å². The molecular weight excluding hydrogens is 160 g/mol.